The molecular weight excluding hydrogens is 460 g/mol. The summed E-state index contributed by atoms with van der Waals surface area (Å²) in [6.45, 7) is 4.74. The van der Waals surface area contributed by atoms with E-state index in [2.05, 4.69) is 4.90 Å². The molecule has 0 radical (unpaired) electrons. The average molecular weight is 485 g/mol. The van der Waals surface area contributed by atoms with Gasteiger partial charge in [0, 0.05) is 49.9 Å². The summed E-state index contributed by atoms with van der Waals surface area (Å²) in [4.78, 5) is 37.0. The summed E-state index contributed by atoms with van der Waals surface area (Å²) in [5, 5.41) is 1.29. The molecule has 0 N–H and O–H groups in total. The number of benzene rings is 2. The van der Waals surface area contributed by atoms with Crippen LogP contribution in [0.4, 0.5) is 10.8 Å². The van der Waals surface area contributed by atoms with E-state index in [0.29, 0.717) is 36.5 Å². The normalized spacial score (nSPS) is 19.4. The number of aromatic nitrogens is 1. The lowest BCUT2D eigenvalue weighted by atomic mass is 10.1. The highest BCUT2D eigenvalue weighted by molar-refractivity contribution is 7.22. The SMILES string of the molecule is O=C1CC(C(=O)N(CCN2CCOCC2)c2nc3ccc(Cl)cc3s2)CN1c1ccccc1. The van der Waals surface area contributed by atoms with E-state index in [1.807, 2.05) is 42.5 Å². The average Bonchev–Trinajstić information content (AvgIpc) is 3.43. The smallest absolute Gasteiger partial charge is 0.234 e. The van der Waals surface area contributed by atoms with E-state index in [-0.39, 0.29) is 18.2 Å². The van der Waals surface area contributed by atoms with Crippen molar-refractivity contribution in [1.82, 2.24) is 9.88 Å². The number of morpholine rings is 1. The Hall–Kier alpha value is -2.52. The molecule has 2 aromatic carbocycles. The predicted molar refractivity (Wildman–Crippen MR) is 131 cm³/mol. The van der Waals surface area contributed by atoms with E-state index >= 15 is 0 Å². The van der Waals surface area contributed by atoms with E-state index in [0.717, 1.165) is 35.5 Å². The number of rotatable bonds is 6. The lowest BCUT2D eigenvalue weighted by Crippen LogP contribution is -2.45. The summed E-state index contributed by atoms with van der Waals surface area (Å²) < 4.78 is 6.39. The molecule has 33 heavy (non-hydrogen) atoms. The Balaban J connectivity index is 1.39. The molecule has 9 heteroatoms. The minimum atomic E-state index is -0.405. The van der Waals surface area contributed by atoms with Gasteiger partial charge in [-0.25, -0.2) is 4.98 Å². The minimum absolute atomic E-state index is 0.0243. The van der Waals surface area contributed by atoms with Crippen molar-refractivity contribution in [2.75, 3.05) is 55.7 Å². The Morgan fingerprint density at radius 3 is 2.76 bits per heavy atom. The lowest BCUT2D eigenvalue weighted by Gasteiger charge is -2.30. The molecule has 1 atom stereocenters. The minimum Gasteiger partial charge on any atom is -0.379 e. The van der Waals surface area contributed by atoms with Crippen LogP contribution in [0.5, 0.6) is 0 Å². The van der Waals surface area contributed by atoms with Crippen LogP contribution in [0.3, 0.4) is 0 Å². The van der Waals surface area contributed by atoms with E-state index < -0.39 is 5.92 Å². The Kier molecular flexibility index (Phi) is 6.59. The number of halogens is 1. The predicted octanol–water partition coefficient (Wildman–Crippen LogP) is 3.67. The van der Waals surface area contributed by atoms with Crippen molar-refractivity contribution in [2.24, 2.45) is 5.92 Å². The third kappa shape index (κ3) is 4.89. The molecule has 3 heterocycles. The number of thiazole rings is 1. The highest BCUT2D eigenvalue weighted by Gasteiger charge is 2.38. The Labute approximate surface area is 201 Å². The maximum atomic E-state index is 13.7. The van der Waals surface area contributed by atoms with Gasteiger partial charge in [0.25, 0.3) is 0 Å². The van der Waals surface area contributed by atoms with Gasteiger partial charge in [-0.2, -0.15) is 0 Å². The van der Waals surface area contributed by atoms with Crippen molar-refractivity contribution in [3.8, 4) is 0 Å². The first-order chi connectivity index (χ1) is 16.1. The zero-order valence-corrected chi connectivity index (χ0v) is 19.7. The highest BCUT2D eigenvalue weighted by atomic mass is 35.5. The van der Waals surface area contributed by atoms with Crippen molar-refractivity contribution in [1.29, 1.82) is 0 Å². The molecule has 1 unspecified atom stereocenters. The largest absolute Gasteiger partial charge is 0.379 e. The molecule has 2 amide bonds. The standard InChI is InChI=1S/C24H25ClN4O3S/c25-18-6-7-20-21(15-18)33-24(26-20)28(9-8-27-10-12-32-13-11-27)23(31)17-14-22(30)29(16-17)19-4-2-1-3-5-19/h1-7,15,17H,8-14,16H2. The number of hydrogen-bond acceptors (Lipinski definition) is 6. The van der Waals surface area contributed by atoms with Crippen LogP contribution in [0.2, 0.25) is 5.02 Å². The summed E-state index contributed by atoms with van der Waals surface area (Å²) in [6, 6.07) is 15.1. The maximum absolute atomic E-state index is 13.7. The van der Waals surface area contributed by atoms with Gasteiger partial charge in [0.1, 0.15) is 0 Å². The Morgan fingerprint density at radius 1 is 1.18 bits per heavy atom. The lowest BCUT2D eigenvalue weighted by molar-refractivity contribution is -0.124. The van der Waals surface area contributed by atoms with Gasteiger partial charge in [0.05, 0.1) is 29.3 Å². The van der Waals surface area contributed by atoms with Crippen molar-refractivity contribution >= 4 is 55.8 Å². The van der Waals surface area contributed by atoms with Gasteiger partial charge < -0.3 is 9.64 Å². The molecule has 2 saturated heterocycles. The molecule has 3 aromatic rings. The molecule has 0 saturated carbocycles. The number of fused-ring (bicyclic) bond motifs is 1. The number of amides is 2. The van der Waals surface area contributed by atoms with Gasteiger partial charge in [-0.15, -0.1) is 0 Å². The summed E-state index contributed by atoms with van der Waals surface area (Å²) in [6.07, 6.45) is 0.207. The fraction of sp³-hybridized carbons (Fsp3) is 0.375. The maximum Gasteiger partial charge on any atom is 0.234 e. The van der Waals surface area contributed by atoms with Crippen molar-refractivity contribution in [3.05, 3.63) is 53.6 Å². The van der Waals surface area contributed by atoms with Crippen LogP contribution in [0.1, 0.15) is 6.42 Å². The van der Waals surface area contributed by atoms with Crippen LogP contribution in [-0.2, 0) is 14.3 Å². The van der Waals surface area contributed by atoms with Gasteiger partial charge in [-0.3, -0.25) is 19.4 Å². The van der Waals surface area contributed by atoms with Crippen LogP contribution in [0.15, 0.2) is 48.5 Å². The molecule has 2 fully saturated rings. The molecule has 0 bridgehead atoms. The summed E-state index contributed by atoms with van der Waals surface area (Å²) in [5.41, 5.74) is 1.64. The van der Waals surface area contributed by atoms with Crippen molar-refractivity contribution < 1.29 is 14.3 Å². The van der Waals surface area contributed by atoms with Crippen molar-refractivity contribution in [2.45, 2.75) is 6.42 Å². The topological polar surface area (TPSA) is 66.0 Å². The van der Waals surface area contributed by atoms with Crippen LogP contribution in [0, 0.1) is 5.92 Å². The molecule has 0 spiro atoms. The number of carbonyl (C=O) groups excluding carboxylic acids is 2. The van der Waals surface area contributed by atoms with Crippen LogP contribution in [-0.4, -0.2) is 67.6 Å². The molecule has 2 aliphatic heterocycles. The van der Waals surface area contributed by atoms with E-state index in [9.17, 15) is 9.59 Å². The number of carbonyl (C=O) groups is 2. The Morgan fingerprint density at radius 2 is 1.97 bits per heavy atom. The fourth-order valence-electron chi connectivity index (χ4n) is 4.32. The number of nitrogens with zero attached hydrogens (tertiary/aromatic N) is 4. The second kappa shape index (κ2) is 9.77. The van der Waals surface area contributed by atoms with E-state index in [4.69, 9.17) is 21.3 Å². The molecule has 172 valence electrons. The molecule has 2 aliphatic rings. The third-order valence-electron chi connectivity index (χ3n) is 6.12. The first kappa shape index (κ1) is 22.3. The van der Waals surface area contributed by atoms with Gasteiger partial charge in [-0.05, 0) is 30.3 Å². The second-order valence-corrected chi connectivity index (χ2v) is 9.74. The number of anilines is 2. The van der Waals surface area contributed by atoms with Crippen LogP contribution in [0.25, 0.3) is 10.2 Å². The molecular formula is C24H25ClN4O3S. The first-order valence-electron chi connectivity index (χ1n) is 11.1. The zero-order chi connectivity index (χ0) is 22.8. The fourth-order valence-corrected chi connectivity index (χ4v) is 5.59. The summed E-state index contributed by atoms with van der Waals surface area (Å²) in [5.74, 6) is -0.484. The second-order valence-electron chi connectivity index (χ2n) is 8.29. The van der Waals surface area contributed by atoms with Gasteiger partial charge in [-0.1, -0.05) is 41.1 Å². The Bertz CT molecular complexity index is 1150. The highest BCUT2D eigenvalue weighted by Crippen LogP contribution is 2.33. The van der Waals surface area contributed by atoms with Gasteiger partial charge in [0.2, 0.25) is 11.8 Å². The monoisotopic (exact) mass is 484 g/mol. The summed E-state index contributed by atoms with van der Waals surface area (Å²) in [7, 11) is 0. The van der Waals surface area contributed by atoms with Gasteiger partial charge in [0.15, 0.2) is 5.13 Å². The van der Waals surface area contributed by atoms with E-state index in [1.165, 1.54) is 11.3 Å². The van der Waals surface area contributed by atoms with E-state index in [1.54, 1.807) is 15.9 Å². The molecule has 5 rings (SSSR count). The molecule has 0 aliphatic carbocycles. The van der Waals surface area contributed by atoms with Crippen LogP contribution >= 0.6 is 22.9 Å². The number of hydrogen-bond donors (Lipinski definition) is 0. The molecule has 1 aromatic heterocycles. The van der Waals surface area contributed by atoms with Crippen LogP contribution < -0.4 is 9.80 Å². The number of ether oxygens (including phenoxy) is 1. The summed E-state index contributed by atoms with van der Waals surface area (Å²) >= 11 is 7.62. The van der Waals surface area contributed by atoms with Crippen molar-refractivity contribution in [3.63, 3.8) is 0 Å². The number of para-hydroxylation sites is 1. The molecule has 7 nitrogen and oxygen atoms in total. The quantitative estimate of drug-likeness (QED) is 0.534. The zero-order valence-electron chi connectivity index (χ0n) is 18.2. The third-order valence-corrected chi connectivity index (χ3v) is 7.40. The first-order valence-corrected chi connectivity index (χ1v) is 12.3. The van der Waals surface area contributed by atoms with Gasteiger partial charge >= 0.3 is 0 Å².